The Labute approximate surface area is 152 Å². The van der Waals surface area contributed by atoms with E-state index in [9.17, 15) is 4.79 Å². The van der Waals surface area contributed by atoms with Crippen LogP contribution in [0.25, 0.3) is 11.4 Å². The molecule has 0 spiro atoms. The zero-order valence-electron chi connectivity index (χ0n) is 15.0. The molecule has 2 aromatic rings. The van der Waals surface area contributed by atoms with Crippen molar-refractivity contribution in [3.63, 3.8) is 0 Å². The lowest BCUT2D eigenvalue weighted by atomic mass is 10.1. The van der Waals surface area contributed by atoms with E-state index in [1.807, 2.05) is 17.0 Å². The minimum Gasteiger partial charge on any atom is -0.353 e. The third-order valence-corrected chi connectivity index (χ3v) is 5.11. The van der Waals surface area contributed by atoms with Gasteiger partial charge >= 0.3 is 0 Å². The molecule has 26 heavy (non-hydrogen) atoms. The molecule has 0 saturated carbocycles. The minimum absolute atomic E-state index is 0.133. The van der Waals surface area contributed by atoms with Gasteiger partial charge in [0.1, 0.15) is 5.82 Å². The van der Waals surface area contributed by atoms with Crippen molar-refractivity contribution in [1.82, 2.24) is 25.3 Å². The van der Waals surface area contributed by atoms with Gasteiger partial charge in [-0.15, -0.1) is 0 Å². The number of aromatic nitrogens is 3. The highest BCUT2D eigenvalue weighted by atomic mass is 16.5. The summed E-state index contributed by atoms with van der Waals surface area (Å²) in [4.78, 5) is 24.6. The largest absolute Gasteiger partial charge is 0.353 e. The van der Waals surface area contributed by atoms with Crippen LogP contribution in [0.15, 0.2) is 22.9 Å². The van der Waals surface area contributed by atoms with Gasteiger partial charge in [-0.05, 0) is 31.5 Å². The fourth-order valence-electron chi connectivity index (χ4n) is 3.51. The number of hydrogen-bond donors (Lipinski definition) is 1. The Balaban J connectivity index is 1.42. The quantitative estimate of drug-likeness (QED) is 0.894. The molecule has 0 aromatic carbocycles. The fourth-order valence-corrected chi connectivity index (χ4v) is 3.51. The summed E-state index contributed by atoms with van der Waals surface area (Å²) in [7, 11) is 0. The average molecular weight is 356 g/mol. The maximum Gasteiger partial charge on any atom is 0.244 e. The van der Waals surface area contributed by atoms with E-state index in [4.69, 9.17) is 4.52 Å². The molecule has 8 nitrogen and oxygen atoms in total. The average Bonchev–Trinajstić information content (AvgIpc) is 3.19. The Hall–Kier alpha value is -2.48. The van der Waals surface area contributed by atoms with Crippen LogP contribution in [0.5, 0.6) is 0 Å². The lowest BCUT2D eigenvalue weighted by Crippen LogP contribution is -2.48. The number of carbonyl (C=O) groups is 1. The standard InChI is InChI=1S/C18H24N6O2/c1-13(25)23-8-10-24(11-9-23)16-6-5-14(12-20-16)17-21-18(26-22-17)15-4-2-3-7-19-15/h5-6,12,15,19H,2-4,7-11H2,1H3. The van der Waals surface area contributed by atoms with E-state index >= 15 is 0 Å². The number of anilines is 1. The first-order valence-corrected chi connectivity index (χ1v) is 9.24. The highest BCUT2D eigenvalue weighted by molar-refractivity contribution is 5.73. The van der Waals surface area contributed by atoms with Gasteiger partial charge in [-0.1, -0.05) is 11.6 Å². The molecular weight excluding hydrogens is 332 g/mol. The summed E-state index contributed by atoms with van der Waals surface area (Å²) >= 11 is 0. The number of hydrogen-bond acceptors (Lipinski definition) is 7. The molecule has 138 valence electrons. The topological polar surface area (TPSA) is 87.4 Å². The smallest absolute Gasteiger partial charge is 0.244 e. The Bertz CT molecular complexity index is 745. The lowest BCUT2D eigenvalue weighted by molar-refractivity contribution is -0.129. The molecule has 1 N–H and O–H groups in total. The van der Waals surface area contributed by atoms with E-state index in [1.54, 1.807) is 13.1 Å². The van der Waals surface area contributed by atoms with Crippen molar-refractivity contribution < 1.29 is 9.32 Å². The number of rotatable bonds is 3. The summed E-state index contributed by atoms with van der Waals surface area (Å²) in [5.74, 6) is 2.28. The Morgan fingerprint density at radius 1 is 1.23 bits per heavy atom. The van der Waals surface area contributed by atoms with Gasteiger partial charge in [0, 0.05) is 44.9 Å². The number of nitrogens with one attached hydrogen (secondary N) is 1. The van der Waals surface area contributed by atoms with E-state index < -0.39 is 0 Å². The van der Waals surface area contributed by atoms with Gasteiger partial charge in [0.15, 0.2) is 0 Å². The molecule has 2 saturated heterocycles. The predicted molar refractivity (Wildman–Crippen MR) is 96.6 cm³/mol. The van der Waals surface area contributed by atoms with Crippen molar-refractivity contribution in [1.29, 1.82) is 0 Å². The van der Waals surface area contributed by atoms with Crippen molar-refractivity contribution in [3.05, 3.63) is 24.2 Å². The number of pyridine rings is 1. The van der Waals surface area contributed by atoms with Crippen molar-refractivity contribution in [2.24, 2.45) is 0 Å². The van der Waals surface area contributed by atoms with Crippen LogP contribution in [0.4, 0.5) is 5.82 Å². The van der Waals surface area contributed by atoms with Gasteiger partial charge in [-0.25, -0.2) is 4.98 Å². The van der Waals surface area contributed by atoms with E-state index in [1.165, 1.54) is 12.8 Å². The molecule has 2 aliphatic rings. The molecular formula is C18H24N6O2. The van der Waals surface area contributed by atoms with Crippen LogP contribution in [-0.4, -0.2) is 58.7 Å². The van der Waals surface area contributed by atoms with E-state index in [-0.39, 0.29) is 11.9 Å². The molecule has 2 aromatic heterocycles. The summed E-state index contributed by atoms with van der Waals surface area (Å²) in [5, 5.41) is 7.53. The molecule has 2 fully saturated rings. The Kier molecular flexibility index (Phi) is 4.83. The van der Waals surface area contributed by atoms with Crippen LogP contribution < -0.4 is 10.2 Å². The number of piperidine rings is 1. The SMILES string of the molecule is CC(=O)N1CCN(c2ccc(-c3noc(C4CCCCN4)n3)cn2)CC1. The molecule has 4 heterocycles. The third kappa shape index (κ3) is 3.55. The van der Waals surface area contributed by atoms with Gasteiger partial charge < -0.3 is 19.6 Å². The van der Waals surface area contributed by atoms with Crippen LogP contribution in [-0.2, 0) is 4.79 Å². The van der Waals surface area contributed by atoms with Gasteiger partial charge in [0.2, 0.25) is 17.6 Å². The van der Waals surface area contributed by atoms with Crippen molar-refractivity contribution >= 4 is 11.7 Å². The molecule has 1 unspecified atom stereocenters. The summed E-state index contributed by atoms with van der Waals surface area (Å²) in [6.07, 6.45) is 5.20. The van der Waals surface area contributed by atoms with Crippen LogP contribution >= 0.6 is 0 Å². The third-order valence-electron chi connectivity index (χ3n) is 5.11. The summed E-state index contributed by atoms with van der Waals surface area (Å²) in [5.41, 5.74) is 0.849. The minimum atomic E-state index is 0.133. The number of amides is 1. The van der Waals surface area contributed by atoms with Gasteiger partial charge in [0.25, 0.3) is 0 Å². The molecule has 2 aliphatic heterocycles. The van der Waals surface area contributed by atoms with Gasteiger partial charge in [0.05, 0.1) is 6.04 Å². The second-order valence-corrected chi connectivity index (χ2v) is 6.86. The zero-order valence-corrected chi connectivity index (χ0v) is 15.0. The molecule has 0 radical (unpaired) electrons. The first-order chi connectivity index (χ1) is 12.7. The van der Waals surface area contributed by atoms with E-state index in [2.05, 4.69) is 25.3 Å². The second-order valence-electron chi connectivity index (χ2n) is 6.86. The van der Waals surface area contributed by atoms with Crippen LogP contribution in [0.3, 0.4) is 0 Å². The van der Waals surface area contributed by atoms with Crippen LogP contribution in [0.2, 0.25) is 0 Å². The van der Waals surface area contributed by atoms with Crippen molar-refractivity contribution in [2.45, 2.75) is 32.2 Å². The number of carbonyl (C=O) groups excluding carboxylic acids is 1. The van der Waals surface area contributed by atoms with Crippen molar-refractivity contribution in [3.8, 4) is 11.4 Å². The molecule has 1 amide bonds. The summed E-state index contributed by atoms with van der Waals surface area (Å²) in [6.45, 7) is 5.68. The maximum absolute atomic E-state index is 11.4. The summed E-state index contributed by atoms with van der Waals surface area (Å²) in [6, 6.07) is 4.12. The molecule has 8 heteroatoms. The molecule has 4 rings (SSSR count). The summed E-state index contributed by atoms with van der Waals surface area (Å²) < 4.78 is 5.44. The Morgan fingerprint density at radius 3 is 2.73 bits per heavy atom. The maximum atomic E-state index is 11.4. The van der Waals surface area contributed by atoms with Gasteiger partial charge in [-0.3, -0.25) is 4.79 Å². The van der Waals surface area contributed by atoms with E-state index in [0.29, 0.717) is 11.7 Å². The van der Waals surface area contributed by atoms with Crippen LogP contribution in [0, 0.1) is 0 Å². The van der Waals surface area contributed by atoms with Crippen LogP contribution in [0.1, 0.15) is 38.1 Å². The molecule has 0 bridgehead atoms. The molecule has 0 aliphatic carbocycles. The monoisotopic (exact) mass is 356 g/mol. The van der Waals surface area contributed by atoms with E-state index in [0.717, 1.165) is 50.5 Å². The zero-order chi connectivity index (χ0) is 17.9. The second kappa shape index (κ2) is 7.41. The lowest BCUT2D eigenvalue weighted by Gasteiger charge is -2.34. The number of piperazine rings is 1. The fraction of sp³-hybridized carbons (Fsp3) is 0.556. The first-order valence-electron chi connectivity index (χ1n) is 9.24. The first kappa shape index (κ1) is 17.0. The highest BCUT2D eigenvalue weighted by Gasteiger charge is 2.22. The highest BCUT2D eigenvalue weighted by Crippen LogP contribution is 2.25. The van der Waals surface area contributed by atoms with Gasteiger partial charge in [-0.2, -0.15) is 4.98 Å². The molecule has 1 atom stereocenters. The predicted octanol–water partition coefficient (Wildman–Crippen LogP) is 1.61. The Morgan fingerprint density at radius 2 is 2.08 bits per heavy atom. The van der Waals surface area contributed by atoms with Crippen molar-refractivity contribution in [2.75, 3.05) is 37.6 Å². The normalized spacial score (nSPS) is 21.0. The number of nitrogens with zero attached hydrogens (tertiary/aromatic N) is 5.